The summed E-state index contributed by atoms with van der Waals surface area (Å²) in [5.74, 6) is 0.0373. The smallest absolute Gasteiger partial charge is 0.254 e. The number of amides is 1. The summed E-state index contributed by atoms with van der Waals surface area (Å²) in [5, 5.41) is 5.30. The minimum atomic E-state index is 0.0373. The van der Waals surface area contributed by atoms with Gasteiger partial charge in [-0.2, -0.15) is 5.10 Å². The minimum absolute atomic E-state index is 0.0373. The number of fused-ring (bicyclic) bond motifs is 1. The Balaban J connectivity index is 2.25. The third-order valence-electron chi connectivity index (χ3n) is 4.33. The maximum Gasteiger partial charge on any atom is 0.254 e. The largest absolute Gasteiger partial charge is 0.339 e. The second kappa shape index (κ2) is 6.96. The van der Waals surface area contributed by atoms with Gasteiger partial charge in [-0.1, -0.05) is 0 Å². The van der Waals surface area contributed by atoms with Gasteiger partial charge in [-0.25, -0.2) is 9.67 Å². The fourth-order valence-corrected chi connectivity index (χ4v) is 3.78. The average Bonchev–Trinajstić information content (AvgIpc) is 3.20. The zero-order valence-corrected chi connectivity index (χ0v) is 16.2. The summed E-state index contributed by atoms with van der Waals surface area (Å²) < 4.78 is 1.89. The summed E-state index contributed by atoms with van der Waals surface area (Å²) in [7, 11) is 0. The van der Waals surface area contributed by atoms with Crippen molar-refractivity contribution in [1.82, 2.24) is 19.7 Å². The molecular formula is C19H24N4OS. The van der Waals surface area contributed by atoms with E-state index in [0.717, 1.165) is 21.6 Å². The Morgan fingerprint density at radius 2 is 2.00 bits per heavy atom. The van der Waals surface area contributed by atoms with Crippen LogP contribution in [0.5, 0.6) is 0 Å². The summed E-state index contributed by atoms with van der Waals surface area (Å²) in [6.45, 7) is 11.6. The van der Waals surface area contributed by atoms with Crippen molar-refractivity contribution in [1.29, 1.82) is 0 Å². The van der Waals surface area contributed by atoms with E-state index < -0.39 is 0 Å². The van der Waals surface area contributed by atoms with Crippen molar-refractivity contribution < 1.29 is 4.79 Å². The Kier molecular flexibility index (Phi) is 4.90. The number of pyridine rings is 1. The topological polar surface area (TPSA) is 51.0 Å². The minimum Gasteiger partial charge on any atom is -0.339 e. The van der Waals surface area contributed by atoms with Gasteiger partial charge in [0.25, 0.3) is 5.91 Å². The number of carbonyl (C=O) groups is 1. The van der Waals surface area contributed by atoms with Crippen molar-refractivity contribution in [3.63, 3.8) is 0 Å². The second-order valence-corrected chi connectivity index (χ2v) is 7.65. The molecule has 0 saturated carbocycles. The van der Waals surface area contributed by atoms with Crippen LogP contribution in [0.3, 0.4) is 0 Å². The van der Waals surface area contributed by atoms with E-state index in [-0.39, 0.29) is 11.9 Å². The number of aromatic nitrogens is 3. The van der Waals surface area contributed by atoms with Crippen molar-refractivity contribution >= 4 is 28.3 Å². The van der Waals surface area contributed by atoms with Crippen molar-refractivity contribution in [3.05, 3.63) is 34.8 Å². The molecule has 0 radical (unpaired) electrons. The van der Waals surface area contributed by atoms with Gasteiger partial charge in [0.2, 0.25) is 0 Å². The van der Waals surface area contributed by atoms with Gasteiger partial charge in [-0.15, -0.1) is 11.3 Å². The highest BCUT2D eigenvalue weighted by atomic mass is 32.1. The number of aryl methyl sites for hydroxylation is 1. The molecule has 0 aliphatic rings. The van der Waals surface area contributed by atoms with Crippen LogP contribution in [0.2, 0.25) is 0 Å². The first-order valence-electron chi connectivity index (χ1n) is 8.70. The molecule has 0 aromatic carbocycles. The van der Waals surface area contributed by atoms with Gasteiger partial charge in [0.15, 0.2) is 5.65 Å². The average molecular weight is 356 g/mol. The molecule has 0 bridgehead atoms. The number of hydrogen-bond acceptors (Lipinski definition) is 4. The molecule has 6 heteroatoms. The third-order valence-corrected chi connectivity index (χ3v) is 5.35. The zero-order valence-electron chi connectivity index (χ0n) is 15.4. The van der Waals surface area contributed by atoms with Crippen molar-refractivity contribution in [3.8, 4) is 10.6 Å². The van der Waals surface area contributed by atoms with E-state index in [2.05, 4.69) is 38.0 Å². The molecule has 3 heterocycles. The number of nitrogens with zero attached hydrogens (tertiary/aromatic N) is 4. The predicted molar refractivity (Wildman–Crippen MR) is 103 cm³/mol. The molecule has 0 spiro atoms. The standard InChI is InChI=1S/C19H24N4OS/c1-6-22(7-2)19(24)14-10-16(17-9-8-13(5)25-17)21-18-15(14)11-20-23(18)12(3)4/h8-12H,6-7H2,1-5H3. The molecule has 132 valence electrons. The molecule has 0 aliphatic heterocycles. The zero-order chi connectivity index (χ0) is 18.1. The van der Waals surface area contributed by atoms with Crippen LogP contribution < -0.4 is 0 Å². The van der Waals surface area contributed by atoms with Gasteiger partial charge in [-0.3, -0.25) is 4.79 Å². The van der Waals surface area contributed by atoms with Gasteiger partial charge in [0, 0.05) is 24.0 Å². The first-order chi connectivity index (χ1) is 12.0. The molecule has 3 aromatic rings. The SMILES string of the molecule is CCN(CC)C(=O)c1cc(-c2ccc(C)s2)nc2c1cnn2C(C)C. The molecule has 25 heavy (non-hydrogen) atoms. The van der Waals surface area contributed by atoms with Gasteiger partial charge in [0.05, 0.1) is 27.7 Å². The van der Waals surface area contributed by atoms with Gasteiger partial charge < -0.3 is 4.90 Å². The summed E-state index contributed by atoms with van der Waals surface area (Å²) in [4.78, 5) is 22.0. The number of hydrogen-bond donors (Lipinski definition) is 0. The van der Waals surface area contributed by atoms with E-state index in [9.17, 15) is 4.79 Å². The Bertz CT molecular complexity index is 905. The van der Waals surface area contributed by atoms with Crippen LogP contribution in [0.15, 0.2) is 24.4 Å². The van der Waals surface area contributed by atoms with Crippen LogP contribution in [0, 0.1) is 6.92 Å². The predicted octanol–water partition coefficient (Wildman–Crippen LogP) is 4.53. The molecule has 5 nitrogen and oxygen atoms in total. The van der Waals surface area contributed by atoms with E-state index in [1.165, 1.54) is 4.88 Å². The van der Waals surface area contributed by atoms with Crippen molar-refractivity contribution in [2.45, 2.75) is 40.7 Å². The number of carbonyl (C=O) groups excluding carboxylic acids is 1. The summed E-state index contributed by atoms with van der Waals surface area (Å²) >= 11 is 1.69. The molecule has 1 amide bonds. The lowest BCUT2D eigenvalue weighted by Gasteiger charge is -2.19. The quantitative estimate of drug-likeness (QED) is 0.675. The van der Waals surface area contributed by atoms with Gasteiger partial charge in [-0.05, 0) is 52.8 Å². The molecule has 0 N–H and O–H groups in total. The molecule has 3 aromatic heterocycles. The lowest BCUT2D eigenvalue weighted by molar-refractivity contribution is 0.0775. The van der Waals surface area contributed by atoms with Gasteiger partial charge in [0.1, 0.15) is 0 Å². The summed E-state index contributed by atoms with van der Waals surface area (Å²) in [6, 6.07) is 6.25. The van der Waals surface area contributed by atoms with Crippen LogP contribution >= 0.6 is 11.3 Å². The Hall–Kier alpha value is -2.21. The second-order valence-electron chi connectivity index (χ2n) is 6.36. The van der Waals surface area contributed by atoms with Crippen molar-refractivity contribution in [2.75, 3.05) is 13.1 Å². The Morgan fingerprint density at radius 1 is 1.28 bits per heavy atom. The van der Waals surface area contributed by atoms with Crippen LogP contribution in [-0.2, 0) is 0 Å². The lowest BCUT2D eigenvalue weighted by Crippen LogP contribution is -2.30. The number of thiophene rings is 1. The first kappa shape index (κ1) is 17.6. The van der Waals surface area contributed by atoms with Crippen LogP contribution in [0.25, 0.3) is 21.6 Å². The number of rotatable bonds is 5. The molecule has 0 aliphatic carbocycles. The Morgan fingerprint density at radius 3 is 2.56 bits per heavy atom. The van der Waals surface area contributed by atoms with Crippen LogP contribution in [-0.4, -0.2) is 38.7 Å². The summed E-state index contributed by atoms with van der Waals surface area (Å²) in [5.41, 5.74) is 2.29. The third kappa shape index (κ3) is 3.18. The highest BCUT2D eigenvalue weighted by molar-refractivity contribution is 7.15. The lowest BCUT2D eigenvalue weighted by atomic mass is 10.1. The molecular weight excluding hydrogens is 332 g/mol. The van der Waals surface area contributed by atoms with E-state index in [0.29, 0.717) is 18.7 Å². The van der Waals surface area contributed by atoms with Crippen molar-refractivity contribution in [2.24, 2.45) is 0 Å². The fraction of sp³-hybridized carbons (Fsp3) is 0.421. The summed E-state index contributed by atoms with van der Waals surface area (Å²) in [6.07, 6.45) is 1.77. The van der Waals surface area contributed by atoms with E-state index >= 15 is 0 Å². The van der Waals surface area contributed by atoms with E-state index in [1.807, 2.05) is 29.5 Å². The normalized spacial score (nSPS) is 11.4. The fourth-order valence-electron chi connectivity index (χ4n) is 2.95. The molecule has 0 saturated heterocycles. The van der Waals surface area contributed by atoms with Crippen LogP contribution in [0.4, 0.5) is 0 Å². The molecule has 0 unspecified atom stereocenters. The van der Waals surface area contributed by atoms with Crippen LogP contribution in [0.1, 0.15) is 49.0 Å². The van der Waals surface area contributed by atoms with E-state index in [4.69, 9.17) is 4.98 Å². The maximum atomic E-state index is 13.1. The first-order valence-corrected chi connectivity index (χ1v) is 9.52. The van der Waals surface area contributed by atoms with Gasteiger partial charge >= 0.3 is 0 Å². The molecule has 3 rings (SSSR count). The monoisotopic (exact) mass is 356 g/mol. The highest BCUT2D eigenvalue weighted by Crippen LogP contribution is 2.31. The highest BCUT2D eigenvalue weighted by Gasteiger charge is 2.21. The van der Waals surface area contributed by atoms with E-state index in [1.54, 1.807) is 17.5 Å². The maximum absolute atomic E-state index is 13.1. The molecule has 0 atom stereocenters. The molecule has 0 fully saturated rings. The Labute approximate surface area is 152 Å².